The zero-order chi connectivity index (χ0) is 21.6. The second-order valence-electron chi connectivity index (χ2n) is 6.26. The maximum absolute atomic E-state index is 12.6. The molecule has 1 atom stereocenters. The summed E-state index contributed by atoms with van der Waals surface area (Å²) >= 11 is 0. The summed E-state index contributed by atoms with van der Waals surface area (Å²) in [6.07, 6.45) is -1.03. The third-order valence-electron chi connectivity index (χ3n) is 4.44. The highest BCUT2D eigenvalue weighted by Gasteiger charge is 2.24. The summed E-state index contributed by atoms with van der Waals surface area (Å²) in [5.41, 5.74) is 0.441. The Labute approximate surface area is 171 Å². The van der Waals surface area contributed by atoms with E-state index in [1.54, 1.807) is 38.1 Å². The maximum atomic E-state index is 12.6. The molecule has 156 valence electrons. The van der Waals surface area contributed by atoms with Crippen LogP contribution >= 0.6 is 0 Å². The number of nitrogens with zero attached hydrogens (tertiary/aromatic N) is 1. The Balaban J connectivity index is 2.17. The lowest BCUT2D eigenvalue weighted by molar-refractivity contribution is 0.0318. The third kappa shape index (κ3) is 5.21. The van der Waals surface area contributed by atoms with Crippen molar-refractivity contribution in [1.29, 1.82) is 0 Å². The minimum atomic E-state index is -3.70. The van der Waals surface area contributed by atoms with E-state index in [9.17, 15) is 18.0 Å². The van der Waals surface area contributed by atoms with Gasteiger partial charge in [0.2, 0.25) is 15.8 Å². The number of ether oxygens (including phenoxy) is 2. The first kappa shape index (κ1) is 22.6. The molecule has 0 amide bonds. The van der Waals surface area contributed by atoms with Crippen molar-refractivity contribution in [1.82, 2.24) is 4.31 Å². The van der Waals surface area contributed by atoms with Gasteiger partial charge in [0.05, 0.1) is 17.6 Å². The summed E-state index contributed by atoms with van der Waals surface area (Å²) in [4.78, 5) is 25.0. The number of hydrogen-bond donors (Lipinski definition) is 0. The van der Waals surface area contributed by atoms with Crippen LogP contribution in [0.25, 0.3) is 0 Å². The number of carbonyl (C=O) groups is 2. The molecule has 0 saturated carbocycles. The normalized spacial score (nSPS) is 12.4. The zero-order valence-electron chi connectivity index (χ0n) is 16.9. The Morgan fingerprint density at radius 1 is 1.00 bits per heavy atom. The number of carbonyl (C=O) groups excluding carboxylic acids is 2. The van der Waals surface area contributed by atoms with Gasteiger partial charge in [-0.3, -0.25) is 4.79 Å². The van der Waals surface area contributed by atoms with E-state index in [1.165, 1.54) is 42.6 Å². The van der Waals surface area contributed by atoms with Gasteiger partial charge in [-0.25, -0.2) is 13.2 Å². The lowest BCUT2D eigenvalue weighted by Gasteiger charge is -2.19. The molecule has 0 unspecified atom stereocenters. The molecule has 2 rings (SSSR count). The molecule has 0 fully saturated rings. The molecule has 29 heavy (non-hydrogen) atoms. The summed E-state index contributed by atoms with van der Waals surface area (Å²) in [5, 5.41) is 0. The average molecular weight is 419 g/mol. The monoisotopic (exact) mass is 419 g/mol. The van der Waals surface area contributed by atoms with Gasteiger partial charge in [0.25, 0.3) is 0 Å². The first-order chi connectivity index (χ1) is 13.7. The SMILES string of the molecule is CCN(CC)S(=O)(=O)c1cccc(C(=O)O[C@@H](C)C(=O)c2ccc(OC)cc2)c1. The van der Waals surface area contributed by atoms with Crippen LogP contribution in [0.5, 0.6) is 5.75 Å². The van der Waals surface area contributed by atoms with Crippen LogP contribution in [0, 0.1) is 0 Å². The van der Waals surface area contributed by atoms with Crippen LogP contribution < -0.4 is 4.74 Å². The first-order valence-corrected chi connectivity index (χ1v) is 10.7. The molecule has 0 spiro atoms. The van der Waals surface area contributed by atoms with Gasteiger partial charge >= 0.3 is 5.97 Å². The molecule has 0 aliphatic rings. The van der Waals surface area contributed by atoms with E-state index in [0.29, 0.717) is 24.4 Å². The van der Waals surface area contributed by atoms with Crippen molar-refractivity contribution < 1.29 is 27.5 Å². The molecular formula is C21H25NO6S. The highest BCUT2D eigenvalue weighted by molar-refractivity contribution is 7.89. The van der Waals surface area contributed by atoms with Gasteiger partial charge in [-0.1, -0.05) is 19.9 Å². The second kappa shape index (κ2) is 9.67. The average Bonchev–Trinajstić information content (AvgIpc) is 2.74. The highest BCUT2D eigenvalue weighted by Crippen LogP contribution is 2.19. The fourth-order valence-electron chi connectivity index (χ4n) is 2.77. The van der Waals surface area contributed by atoms with Gasteiger partial charge in [0.15, 0.2) is 6.10 Å². The summed E-state index contributed by atoms with van der Waals surface area (Å²) < 4.78 is 36.9. The minimum absolute atomic E-state index is 0.00443. The van der Waals surface area contributed by atoms with E-state index >= 15 is 0 Å². The molecular weight excluding hydrogens is 394 g/mol. The van der Waals surface area contributed by atoms with E-state index < -0.39 is 22.1 Å². The van der Waals surface area contributed by atoms with Crippen LogP contribution in [0.4, 0.5) is 0 Å². The molecule has 0 N–H and O–H groups in total. The van der Waals surface area contributed by atoms with E-state index in [2.05, 4.69) is 0 Å². The molecule has 2 aromatic rings. The summed E-state index contributed by atoms with van der Waals surface area (Å²) in [6, 6.07) is 12.1. The predicted molar refractivity (Wildman–Crippen MR) is 109 cm³/mol. The van der Waals surface area contributed by atoms with E-state index in [1.807, 2.05) is 0 Å². The van der Waals surface area contributed by atoms with Crippen molar-refractivity contribution in [3.63, 3.8) is 0 Å². The van der Waals surface area contributed by atoms with E-state index in [-0.39, 0.29) is 16.2 Å². The molecule has 0 bridgehead atoms. The van der Waals surface area contributed by atoms with E-state index in [4.69, 9.17) is 9.47 Å². The molecule has 2 aromatic carbocycles. The molecule has 8 heteroatoms. The highest BCUT2D eigenvalue weighted by atomic mass is 32.2. The van der Waals surface area contributed by atoms with Crippen LogP contribution in [-0.2, 0) is 14.8 Å². The minimum Gasteiger partial charge on any atom is -0.497 e. The zero-order valence-corrected chi connectivity index (χ0v) is 17.7. The van der Waals surface area contributed by atoms with Crippen LogP contribution in [0.15, 0.2) is 53.4 Å². The third-order valence-corrected chi connectivity index (χ3v) is 6.49. The molecule has 0 aliphatic heterocycles. The van der Waals surface area contributed by atoms with Gasteiger partial charge in [0.1, 0.15) is 5.75 Å². The standard InChI is InChI=1S/C21H25NO6S/c1-5-22(6-2)29(25,26)19-9-7-8-17(14-19)21(24)28-15(3)20(23)16-10-12-18(27-4)13-11-16/h7-15H,5-6H2,1-4H3/t15-/m0/s1. The van der Waals surface area contributed by atoms with Crippen LogP contribution in [0.2, 0.25) is 0 Å². The first-order valence-electron chi connectivity index (χ1n) is 9.24. The molecule has 0 heterocycles. The number of Topliss-reactive ketones (excluding diaryl/α,β-unsaturated/α-hetero) is 1. The Morgan fingerprint density at radius 2 is 1.62 bits per heavy atom. The van der Waals surface area contributed by atoms with Crippen molar-refractivity contribution in [3.05, 3.63) is 59.7 Å². The van der Waals surface area contributed by atoms with Crippen molar-refractivity contribution in [3.8, 4) is 5.75 Å². The fourth-order valence-corrected chi connectivity index (χ4v) is 4.27. The van der Waals surface area contributed by atoms with Crippen LogP contribution in [0.3, 0.4) is 0 Å². The van der Waals surface area contributed by atoms with Crippen molar-refractivity contribution in [2.24, 2.45) is 0 Å². The molecule has 0 aliphatic carbocycles. The Morgan fingerprint density at radius 3 is 2.17 bits per heavy atom. The Bertz CT molecular complexity index is 965. The quantitative estimate of drug-likeness (QED) is 0.458. The maximum Gasteiger partial charge on any atom is 0.338 e. The van der Waals surface area contributed by atoms with Crippen molar-refractivity contribution in [2.45, 2.75) is 31.8 Å². The summed E-state index contributed by atoms with van der Waals surface area (Å²) in [7, 11) is -2.18. The van der Waals surface area contributed by atoms with Gasteiger partial charge in [0, 0.05) is 18.7 Å². The van der Waals surface area contributed by atoms with Crippen molar-refractivity contribution in [2.75, 3.05) is 20.2 Å². The summed E-state index contributed by atoms with van der Waals surface area (Å²) in [6.45, 7) is 5.60. The molecule has 0 aromatic heterocycles. The van der Waals surface area contributed by atoms with Gasteiger partial charge in [-0.2, -0.15) is 4.31 Å². The number of benzene rings is 2. The number of sulfonamides is 1. The lowest BCUT2D eigenvalue weighted by atomic mass is 10.1. The van der Waals surface area contributed by atoms with Crippen LogP contribution in [-0.4, -0.2) is 50.8 Å². The van der Waals surface area contributed by atoms with Gasteiger partial charge in [-0.15, -0.1) is 0 Å². The summed E-state index contributed by atoms with van der Waals surface area (Å²) in [5.74, 6) is -0.527. The van der Waals surface area contributed by atoms with E-state index in [0.717, 1.165) is 0 Å². The number of rotatable bonds is 9. The Hall–Kier alpha value is -2.71. The molecule has 7 nitrogen and oxygen atoms in total. The molecule has 0 saturated heterocycles. The number of methoxy groups -OCH3 is 1. The largest absolute Gasteiger partial charge is 0.497 e. The van der Waals surface area contributed by atoms with Crippen LogP contribution in [0.1, 0.15) is 41.5 Å². The topological polar surface area (TPSA) is 90.0 Å². The molecule has 0 radical (unpaired) electrons. The predicted octanol–water partition coefficient (Wildman–Crippen LogP) is 3.15. The number of ketones is 1. The number of hydrogen-bond acceptors (Lipinski definition) is 6. The lowest BCUT2D eigenvalue weighted by Crippen LogP contribution is -2.30. The van der Waals surface area contributed by atoms with Crippen molar-refractivity contribution >= 4 is 21.8 Å². The van der Waals surface area contributed by atoms with Gasteiger partial charge in [-0.05, 0) is 49.4 Å². The van der Waals surface area contributed by atoms with Gasteiger partial charge < -0.3 is 9.47 Å². The smallest absolute Gasteiger partial charge is 0.338 e. The second-order valence-corrected chi connectivity index (χ2v) is 8.20. The Kier molecular flexibility index (Phi) is 7.53. The number of esters is 1. The fraction of sp³-hybridized carbons (Fsp3) is 0.333.